The van der Waals surface area contributed by atoms with E-state index in [4.69, 9.17) is 10.2 Å². The molecule has 0 radical (unpaired) electrons. The molecule has 1 unspecified atom stereocenters. The molecule has 6 heteroatoms. The number of nitrogens with two attached hydrogens (primary N) is 1. The minimum Gasteiger partial charge on any atom is -0.460 e. The van der Waals surface area contributed by atoms with Crippen LogP contribution in [-0.4, -0.2) is 28.7 Å². The first-order valence-corrected chi connectivity index (χ1v) is 7.27. The number of aromatic amines is 1. The molecule has 2 aromatic heterocycles. The lowest BCUT2D eigenvalue weighted by molar-refractivity contribution is 0.0930. The lowest BCUT2D eigenvalue weighted by atomic mass is 10.1. The zero-order valence-electron chi connectivity index (χ0n) is 12.5. The number of unbranched alkanes of at least 4 members (excludes halogenated alkanes) is 1. The van der Waals surface area contributed by atoms with Crippen molar-refractivity contribution >= 4 is 5.91 Å². The summed E-state index contributed by atoms with van der Waals surface area (Å²) >= 11 is 0. The topological polar surface area (TPSA) is 96.9 Å². The van der Waals surface area contributed by atoms with Crippen LogP contribution >= 0.6 is 0 Å². The number of hydrogen-bond donors (Lipinski definition) is 3. The second-order valence-corrected chi connectivity index (χ2v) is 5.13. The van der Waals surface area contributed by atoms with Crippen molar-refractivity contribution < 1.29 is 9.21 Å². The molecule has 2 rings (SSSR count). The average Bonchev–Trinajstić information content (AvgIpc) is 3.11. The molecule has 114 valence electrons. The van der Waals surface area contributed by atoms with E-state index in [-0.39, 0.29) is 11.9 Å². The molecule has 0 aromatic carbocycles. The van der Waals surface area contributed by atoms with Crippen molar-refractivity contribution in [3.63, 3.8) is 0 Å². The minimum atomic E-state index is -0.215. The van der Waals surface area contributed by atoms with Gasteiger partial charge in [-0.1, -0.05) is 19.8 Å². The number of carbonyl (C=O) groups excluding carboxylic acids is 1. The summed E-state index contributed by atoms with van der Waals surface area (Å²) in [5.41, 5.74) is 6.71. The van der Waals surface area contributed by atoms with Crippen LogP contribution in [0.4, 0.5) is 0 Å². The van der Waals surface area contributed by atoms with Crippen molar-refractivity contribution in [2.24, 2.45) is 5.73 Å². The molecule has 0 bridgehead atoms. The molecule has 0 saturated carbocycles. The summed E-state index contributed by atoms with van der Waals surface area (Å²) in [5.74, 6) is 1.26. The van der Waals surface area contributed by atoms with Gasteiger partial charge in [0.2, 0.25) is 0 Å². The first-order chi connectivity index (χ1) is 10.1. The summed E-state index contributed by atoms with van der Waals surface area (Å²) in [6, 6.07) is 5.38. The molecular weight excluding hydrogens is 268 g/mol. The molecule has 6 nitrogen and oxygen atoms in total. The molecule has 4 N–H and O–H groups in total. The largest absolute Gasteiger partial charge is 0.460 e. The van der Waals surface area contributed by atoms with Gasteiger partial charge in [0.1, 0.15) is 11.5 Å². The minimum absolute atomic E-state index is 0.0107. The summed E-state index contributed by atoms with van der Waals surface area (Å²) < 4.78 is 5.50. The fourth-order valence-corrected chi connectivity index (χ4v) is 2.10. The van der Waals surface area contributed by atoms with Crippen molar-refractivity contribution in [2.75, 3.05) is 6.54 Å². The first-order valence-electron chi connectivity index (χ1n) is 7.27. The van der Waals surface area contributed by atoms with Gasteiger partial charge in [-0.15, -0.1) is 0 Å². The Kier molecular flexibility index (Phi) is 5.16. The molecule has 0 aliphatic rings. The van der Waals surface area contributed by atoms with E-state index in [0.717, 1.165) is 25.0 Å². The summed E-state index contributed by atoms with van der Waals surface area (Å²) in [6.45, 7) is 4.41. The van der Waals surface area contributed by atoms with Crippen LogP contribution in [0, 0.1) is 6.92 Å². The Morgan fingerprint density at radius 2 is 2.33 bits per heavy atom. The Bertz CT molecular complexity index is 588. The van der Waals surface area contributed by atoms with E-state index >= 15 is 0 Å². The molecular formula is C15H22N4O2. The van der Waals surface area contributed by atoms with Crippen molar-refractivity contribution in [3.05, 3.63) is 29.7 Å². The smallest absolute Gasteiger partial charge is 0.272 e. The zero-order chi connectivity index (χ0) is 15.2. The van der Waals surface area contributed by atoms with Gasteiger partial charge in [-0.25, -0.2) is 0 Å². The predicted octanol–water partition coefficient (Wildman–Crippen LogP) is 2.23. The molecule has 0 saturated heterocycles. The van der Waals surface area contributed by atoms with Gasteiger partial charge < -0.3 is 15.5 Å². The van der Waals surface area contributed by atoms with Crippen molar-refractivity contribution in [1.29, 1.82) is 0 Å². The number of rotatable bonds is 7. The Hall–Kier alpha value is -2.08. The van der Waals surface area contributed by atoms with Crippen LogP contribution in [0.15, 0.2) is 22.6 Å². The van der Waals surface area contributed by atoms with Gasteiger partial charge in [-0.3, -0.25) is 9.89 Å². The van der Waals surface area contributed by atoms with Crippen LogP contribution < -0.4 is 11.1 Å². The van der Waals surface area contributed by atoms with Crippen LogP contribution in [-0.2, 0) is 0 Å². The van der Waals surface area contributed by atoms with Crippen LogP contribution in [0.2, 0.25) is 0 Å². The molecule has 21 heavy (non-hydrogen) atoms. The van der Waals surface area contributed by atoms with E-state index in [9.17, 15) is 4.79 Å². The van der Waals surface area contributed by atoms with E-state index in [1.807, 2.05) is 19.1 Å². The van der Waals surface area contributed by atoms with Gasteiger partial charge in [0.05, 0.1) is 0 Å². The van der Waals surface area contributed by atoms with Crippen LogP contribution in [0.25, 0.3) is 11.5 Å². The molecule has 1 atom stereocenters. The number of nitrogens with one attached hydrogen (secondary N) is 2. The van der Waals surface area contributed by atoms with Gasteiger partial charge in [0.15, 0.2) is 11.5 Å². The maximum absolute atomic E-state index is 12.1. The zero-order valence-corrected chi connectivity index (χ0v) is 12.5. The molecule has 2 heterocycles. The first kappa shape index (κ1) is 15.3. The maximum atomic E-state index is 12.1. The second-order valence-electron chi connectivity index (χ2n) is 5.13. The standard InChI is InChI=1S/C15H22N4O2/c1-3-4-5-11(9-16)17-15(20)13-8-12(18-19-13)14-7-6-10(2)21-14/h6-8,11H,3-5,9,16H2,1-2H3,(H,17,20)(H,18,19). The number of amides is 1. The number of H-pyrrole nitrogens is 1. The fourth-order valence-electron chi connectivity index (χ4n) is 2.10. The highest BCUT2D eigenvalue weighted by atomic mass is 16.3. The van der Waals surface area contributed by atoms with Crippen LogP contribution in [0.1, 0.15) is 42.4 Å². The van der Waals surface area contributed by atoms with Crippen molar-refractivity contribution in [3.8, 4) is 11.5 Å². The number of nitrogens with zero attached hydrogens (tertiary/aromatic N) is 1. The summed E-state index contributed by atoms with van der Waals surface area (Å²) in [6.07, 6.45) is 3.00. The molecule has 2 aromatic rings. The molecule has 0 aliphatic heterocycles. The quantitative estimate of drug-likeness (QED) is 0.728. The number of aromatic nitrogens is 2. The Morgan fingerprint density at radius 1 is 1.52 bits per heavy atom. The molecule has 1 amide bonds. The SMILES string of the molecule is CCCCC(CN)NC(=O)c1cc(-c2ccc(C)o2)[nH]n1. The summed E-state index contributed by atoms with van der Waals surface area (Å²) in [5, 5.41) is 9.76. The third-order valence-corrected chi connectivity index (χ3v) is 3.34. The van der Waals surface area contributed by atoms with Crippen molar-refractivity contribution in [2.45, 2.75) is 39.2 Å². The fraction of sp³-hybridized carbons (Fsp3) is 0.467. The highest BCUT2D eigenvalue weighted by Crippen LogP contribution is 2.20. The van der Waals surface area contributed by atoms with Gasteiger partial charge >= 0.3 is 0 Å². The van der Waals surface area contributed by atoms with Crippen LogP contribution in [0.5, 0.6) is 0 Å². The third-order valence-electron chi connectivity index (χ3n) is 3.34. The Balaban J connectivity index is 2.01. The third kappa shape index (κ3) is 3.95. The number of furan rings is 1. The van der Waals surface area contributed by atoms with Gasteiger partial charge in [-0.2, -0.15) is 5.10 Å². The van der Waals surface area contributed by atoms with E-state index in [1.54, 1.807) is 6.07 Å². The van der Waals surface area contributed by atoms with Crippen LogP contribution in [0.3, 0.4) is 0 Å². The second kappa shape index (κ2) is 7.08. The van der Waals surface area contributed by atoms with Gasteiger partial charge in [0.25, 0.3) is 5.91 Å². The average molecular weight is 290 g/mol. The highest BCUT2D eigenvalue weighted by Gasteiger charge is 2.16. The highest BCUT2D eigenvalue weighted by molar-refractivity contribution is 5.93. The van der Waals surface area contributed by atoms with E-state index in [0.29, 0.717) is 23.7 Å². The molecule has 0 fully saturated rings. The predicted molar refractivity (Wildman–Crippen MR) is 80.9 cm³/mol. The molecule has 0 spiro atoms. The molecule has 0 aliphatic carbocycles. The lowest BCUT2D eigenvalue weighted by Gasteiger charge is -2.15. The van der Waals surface area contributed by atoms with E-state index < -0.39 is 0 Å². The van der Waals surface area contributed by atoms with Gasteiger partial charge in [0, 0.05) is 18.7 Å². The van der Waals surface area contributed by atoms with E-state index in [1.165, 1.54) is 0 Å². The summed E-state index contributed by atoms with van der Waals surface area (Å²) in [4.78, 5) is 12.1. The lowest BCUT2D eigenvalue weighted by Crippen LogP contribution is -2.40. The Morgan fingerprint density at radius 3 is 2.95 bits per heavy atom. The monoisotopic (exact) mass is 290 g/mol. The maximum Gasteiger partial charge on any atom is 0.272 e. The number of hydrogen-bond acceptors (Lipinski definition) is 4. The normalized spacial score (nSPS) is 12.3. The Labute approximate surface area is 124 Å². The van der Waals surface area contributed by atoms with E-state index in [2.05, 4.69) is 22.4 Å². The number of carbonyl (C=O) groups is 1. The number of aryl methyl sites for hydroxylation is 1. The van der Waals surface area contributed by atoms with Crippen molar-refractivity contribution in [1.82, 2.24) is 15.5 Å². The summed E-state index contributed by atoms with van der Waals surface area (Å²) in [7, 11) is 0. The van der Waals surface area contributed by atoms with Gasteiger partial charge in [-0.05, 0) is 25.5 Å².